The topological polar surface area (TPSA) is 43.2 Å². The number of likely N-dealkylation sites (N-methyl/N-ethyl adjacent to an activating group) is 1. The van der Waals surface area contributed by atoms with Crippen molar-refractivity contribution in [3.63, 3.8) is 0 Å². The van der Waals surface area contributed by atoms with E-state index in [0.29, 0.717) is 0 Å². The number of piperazine rings is 1. The molecule has 1 aromatic heterocycles. The molecule has 0 spiro atoms. The summed E-state index contributed by atoms with van der Waals surface area (Å²) in [5.74, 6) is 0. The summed E-state index contributed by atoms with van der Waals surface area (Å²) in [6, 6.07) is 2.19. The van der Waals surface area contributed by atoms with Gasteiger partial charge in [-0.2, -0.15) is 5.26 Å². The molecule has 0 aromatic carbocycles. The zero-order valence-electron chi connectivity index (χ0n) is 9.73. The molecule has 2 rings (SSSR count). The molecule has 0 aliphatic carbocycles. The first-order valence-electron chi connectivity index (χ1n) is 5.46. The molecule has 2 heterocycles. The summed E-state index contributed by atoms with van der Waals surface area (Å²) in [5, 5.41) is 9.94. The van der Waals surface area contributed by atoms with Crippen molar-refractivity contribution < 1.29 is 0 Å². The second-order valence-corrected chi connectivity index (χ2v) is 5.30. The fourth-order valence-corrected chi connectivity index (χ4v) is 2.73. The van der Waals surface area contributed by atoms with Crippen LogP contribution in [0, 0.1) is 18.3 Å². The summed E-state index contributed by atoms with van der Waals surface area (Å²) in [7, 11) is 2.15. The second-order valence-electron chi connectivity index (χ2n) is 4.21. The average Bonchev–Trinajstić information content (AvgIpc) is 2.62. The van der Waals surface area contributed by atoms with Gasteiger partial charge in [0.05, 0.1) is 12.2 Å². The van der Waals surface area contributed by atoms with Gasteiger partial charge in [0.15, 0.2) is 0 Å². The molecule has 0 atom stereocenters. The molecule has 1 fully saturated rings. The Hall–Kier alpha value is -0.960. The van der Waals surface area contributed by atoms with Crippen LogP contribution in [-0.4, -0.2) is 48.0 Å². The van der Waals surface area contributed by atoms with Crippen molar-refractivity contribution in [2.24, 2.45) is 0 Å². The van der Waals surface area contributed by atoms with Gasteiger partial charge in [0.1, 0.15) is 16.0 Å². The van der Waals surface area contributed by atoms with Gasteiger partial charge in [0, 0.05) is 26.2 Å². The van der Waals surface area contributed by atoms with E-state index in [9.17, 15) is 0 Å². The van der Waals surface area contributed by atoms with Crippen LogP contribution in [-0.2, 0) is 6.54 Å². The largest absolute Gasteiger partial charge is 0.304 e. The fraction of sp³-hybridized carbons (Fsp3) is 0.636. The van der Waals surface area contributed by atoms with Gasteiger partial charge in [0.25, 0.3) is 0 Å². The lowest BCUT2D eigenvalue weighted by atomic mass is 10.3. The number of aromatic nitrogens is 1. The Balaban J connectivity index is 1.96. The van der Waals surface area contributed by atoms with Crippen molar-refractivity contribution in [3.05, 3.63) is 15.6 Å². The molecule has 0 bridgehead atoms. The Labute approximate surface area is 100 Å². The van der Waals surface area contributed by atoms with Gasteiger partial charge in [-0.05, 0) is 14.0 Å². The number of nitrogens with zero attached hydrogens (tertiary/aromatic N) is 4. The van der Waals surface area contributed by atoms with E-state index in [-0.39, 0.29) is 0 Å². The number of aryl methyl sites for hydroxylation is 1. The number of nitriles is 1. The van der Waals surface area contributed by atoms with Gasteiger partial charge >= 0.3 is 0 Å². The summed E-state index contributed by atoms with van der Waals surface area (Å²) >= 11 is 1.53. The van der Waals surface area contributed by atoms with Crippen molar-refractivity contribution in [1.82, 2.24) is 14.8 Å². The van der Waals surface area contributed by atoms with Crippen LogP contribution in [0.25, 0.3) is 0 Å². The highest BCUT2D eigenvalue weighted by Gasteiger charge is 2.16. The Morgan fingerprint density at radius 3 is 2.62 bits per heavy atom. The van der Waals surface area contributed by atoms with Crippen molar-refractivity contribution in [2.75, 3.05) is 33.2 Å². The molecule has 1 aliphatic heterocycles. The van der Waals surface area contributed by atoms with E-state index in [1.807, 2.05) is 6.92 Å². The molecule has 4 nitrogen and oxygen atoms in total. The van der Waals surface area contributed by atoms with Gasteiger partial charge in [-0.25, -0.2) is 4.98 Å². The lowest BCUT2D eigenvalue weighted by molar-refractivity contribution is 0.148. The van der Waals surface area contributed by atoms with Crippen molar-refractivity contribution in [3.8, 4) is 6.07 Å². The van der Waals surface area contributed by atoms with Crippen LogP contribution in [0.1, 0.15) is 15.6 Å². The smallest absolute Gasteiger partial charge is 0.127 e. The SMILES string of the molecule is Cc1nc(CN2CCN(C)CC2)sc1C#N. The van der Waals surface area contributed by atoms with Crippen LogP contribution in [0.2, 0.25) is 0 Å². The summed E-state index contributed by atoms with van der Waals surface area (Å²) in [6.07, 6.45) is 0. The van der Waals surface area contributed by atoms with E-state index < -0.39 is 0 Å². The third-order valence-corrected chi connectivity index (χ3v) is 3.94. The fourth-order valence-electron chi connectivity index (χ4n) is 1.82. The molecule has 5 heteroatoms. The van der Waals surface area contributed by atoms with E-state index in [4.69, 9.17) is 5.26 Å². The predicted octanol–water partition coefficient (Wildman–Crippen LogP) is 1.07. The first-order valence-corrected chi connectivity index (χ1v) is 6.28. The van der Waals surface area contributed by atoms with Crippen LogP contribution in [0.4, 0.5) is 0 Å². The van der Waals surface area contributed by atoms with Gasteiger partial charge < -0.3 is 4.90 Å². The minimum Gasteiger partial charge on any atom is -0.304 e. The third kappa shape index (κ3) is 2.59. The maximum absolute atomic E-state index is 8.87. The number of hydrogen-bond acceptors (Lipinski definition) is 5. The van der Waals surface area contributed by atoms with E-state index >= 15 is 0 Å². The summed E-state index contributed by atoms with van der Waals surface area (Å²) < 4.78 is 0. The van der Waals surface area contributed by atoms with E-state index in [2.05, 4.69) is 27.9 Å². The highest BCUT2D eigenvalue weighted by atomic mass is 32.1. The number of hydrogen-bond donors (Lipinski definition) is 0. The second kappa shape index (κ2) is 4.91. The van der Waals surface area contributed by atoms with E-state index in [1.54, 1.807) is 0 Å². The van der Waals surface area contributed by atoms with Crippen molar-refractivity contribution >= 4 is 11.3 Å². The van der Waals surface area contributed by atoms with Crippen LogP contribution in [0.15, 0.2) is 0 Å². The molecule has 0 N–H and O–H groups in total. The molecule has 1 aromatic rings. The van der Waals surface area contributed by atoms with Crippen molar-refractivity contribution in [1.29, 1.82) is 5.26 Å². The molecule has 1 aliphatic rings. The lowest BCUT2D eigenvalue weighted by Crippen LogP contribution is -2.43. The van der Waals surface area contributed by atoms with E-state index in [0.717, 1.165) is 48.3 Å². The van der Waals surface area contributed by atoms with Crippen LogP contribution in [0.5, 0.6) is 0 Å². The maximum Gasteiger partial charge on any atom is 0.127 e. The first kappa shape index (κ1) is 11.5. The van der Waals surface area contributed by atoms with Gasteiger partial charge in [-0.15, -0.1) is 11.3 Å². The lowest BCUT2D eigenvalue weighted by Gasteiger charge is -2.31. The maximum atomic E-state index is 8.87. The first-order chi connectivity index (χ1) is 7.69. The van der Waals surface area contributed by atoms with Gasteiger partial charge in [-0.1, -0.05) is 0 Å². The Morgan fingerprint density at radius 1 is 1.38 bits per heavy atom. The molecule has 16 heavy (non-hydrogen) atoms. The highest BCUT2D eigenvalue weighted by Crippen LogP contribution is 2.18. The van der Waals surface area contributed by atoms with Crippen LogP contribution in [0.3, 0.4) is 0 Å². The van der Waals surface area contributed by atoms with Gasteiger partial charge in [0.2, 0.25) is 0 Å². The monoisotopic (exact) mass is 236 g/mol. The van der Waals surface area contributed by atoms with Crippen molar-refractivity contribution in [2.45, 2.75) is 13.5 Å². The standard InChI is InChI=1S/C11H16N4S/c1-9-10(7-12)16-11(13-9)8-15-5-3-14(2)4-6-15/h3-6,8H2,1-2H3. The van der Waals surface area contributed by atoms with Crippen LogP contribution < -0.4 is 0 Å². The highest BCUT2D eigenvalue weighted by molar-refractivity contribution is 7.12. The third-order valence-electron chi connectivity index (χ3n) is 2.90. The molecule has 86 valence electrons. The molecule has 0 saturated carbocycles. The summed E-state index contributed by atoms with van der Waals surface area (Å²) in [6.45, 7) is 7.22. The predicted molar refractivity (Wildman–Crippen MR) is 64.3 cm³/mol. The summed E-state index contributed by atoms with van der Waals surface area (Å²) in [4.78, 5) is 9.93. The molecular formula is C11H16N4S. The Bertz CT molecular complexity index is 399. The molecule has 0 radical (unpaired) electrons. The quantitative estimate of drug-likeness (QED) is 0.770. The minimum atomic E-state index is 0.754. The zero-order valence-corrected chi connectivity index (χ0v) is 10.5. The average molecular weight is 236 g/mol. The molecule has 0 unspecified atom stereocenters. The Kier molecular flexibility index (Phi) is 3.54. The minimum absolute atomic E-state index is 0.754. The normalized spacial score (nSPS) is 18.6. The van der Waals surface area contributed by atoms with E-state index in [1.165, 1.54) is 11.3 Å². The Morgan fingerprint density at radius 2 is 2.06 bits per heavy atom. The van der Waals surface area contributed by atoms with Gasteiger partial charge in [-0.3, -0.25) is 4.90 Å². The molecule has 0 amide bonds. The number of rotatable bonds is 2. The van der Waals surface area contributed by atoms with Crippen LogP contribution >= 0.6 is 11.3 Å². The zero-order chi connectivity index (χ0) is 11.5. The molecular weight excluding hydrogens is 220 g/mol. The summed E-state index contributed by atoms with van der Waals surface area (Å²) in [5.41, 5.74) is 0.872. The number of thiazole rings is 1. The molecule has 1 saturated heterocycles.